The quantitative estimate of drug-likeness (QED) is 0.771. The van der Waals surface area contributed by atoms with E-state index in [1.807, 2.05) is 31.2 Å². The molecule has 3 heterocycles. The van der Waals surface area contributed by atoms with E-state index < -0.39 is 0 Å². The Balaban J connectivity index is 1.87. The monoisotopic (exact) mass is 352 g/mol. The Morgan fingerprint density at radius 3 is 2.69 bits per heavy atom. The van der Waals surface area contributed by atoms with Crippen LogP contribution >= 0.6 is 0 Å². The van der Waals surface area contributed by atoms with Crippen molar-refractivity contribution in [3.8, 4) is 0 Å². The van der Waals surface area contributed by atoms with Crippen molar-refractivity contribution in [2.24, 2.45) is 0 Å². The van der Waals surface area contributed by atoms with Gasteiger partial charge in [-0.3, -0.25) is 4.79 Å². The molecule has 136 valence electrons. The predicted octanol–water partition coefficient (Wildman–Crippen LogP) is 3.90. The summed E-state index contributed by atoms with van der Waals surface area (Å²) in [5.41, 5.74) is 2.18. The van der Waals surface area contributed by atoms with Crippen LogP contribution in [0.5, 0.6) is 0 Å². The number of carbonyl (C=O) groups is 1. The van der Waals surface area contributed by atoms with Crippen LogP contribution in [0.2, 0.25) is 0 Å². The Labute approximate surface area is 152 Å². The Bertz CT molecular complexity index is 926. The van der Waals surface area contributed by atoms with Crippen molar-refractivity contribution in [3.05, 3.63) is 30.1 Å². The van der Waals surface area contributed by atoms with Crippen LogP contribution in [0.1, 0.15) is 49.6 Å². The maximum Gasteiger partial charge on any atom is 0.289 e. The van der Waals surface area contributed by atoms with E-state index in [2.05, 4.69) is 20.2 Å². The molecule has 0 bridgehead atoms. The van der Waals surface area contributed by atoms with E-state index in [0.717, 1.165) is 54.7 Å². The van der Waals surface area contributed by atoms with E-state index in [1.165, 1.54) is 12.8 Å². The minimum Gasteiger partial charge on any atom is -0.450 e. The van der Waals surface area contributed by atoms with Crippen LogP contribution in [0, 0.1) is 0 Å². The molecule has 1 amide bonds. The fourth-order valence-electron chi connectivity index (χ4n) is 3.49. The third-order valence-corrected chi connectivity index (χ3v) is 4.85. The molecule has 4 rings (SSSR count). The van der Waals surface area contributed by atoms with Crippen LogP contribution in [0.4, 0.5) is 5.82 Å². The minimum absolute atomic E-state index is 0.219. The van der Waals surface area contributed by atoms with Gasteiger partial charge in [-0.2, -0.15) is 0 Å². The molecule has 0 spiro atoms. The van der Waals surface area contributed by atoms with Gasteiger partial charge in [-0.05, 0) is 31.4 Å². The summed E-state index contributed by atoms with van der Waals surface area (Å²) >= 11 is 0. The van der Waals surface area contributed by atoms with E-state index >= 15 is 0 Å². The highest BCUT2D eigenvalue weighted by atomic mass is 16.3. The number of hydrogen-bond donors (Lipinski definition) is 1. The number of nitrogens with one attached hydrogen (secondary N) is 1. The molecule has 1 saturated heterocycles. The highest BCUT2D eigenvalue weighted by Crippen LogP contribution is 2.33. The Morgan fingerprint density at radius 2 is 1.92 bits per heavy atom. The van der Waals surface area contributed by atoms with Gasteiger partial charge in [0.05, 0.1) is 0 Å². The van der Waals surface area contributed by atoms with Gasteiger partial charge in [0.25, 0.3) is 5.91 Å². The van der Waals surface area contributed by atoms with Gasteiger partial charge in [0.1, 0.15) is 11.1 Å². The smallest absolute Gasteiger partial charge is 0.289 e. The Kier molecular flexibility index (Phi) is 4.73. The summed E-state index contributed by atoms with van der Waals surface area (Å²) in [6.45, 7) is 4.50. The fourth-order valence-corrected chi connectivity index (χ4v) is 3.49. The zero-order valence-electron chi connectivity index (χ0n) is 15.1. The van der Waals surface area contributed by atoms with Gasteiger partial charge >= 0.3 is 0 Å². The number of fused-ring (bicyclic) bond motifs is 3. The van der Waals surface area contributed by atoms with Crippen molar-refractivity contribution in [2.75, 3.05) is 24.5 Å². The number of para-hydroxylation sites is 1. The SMILES string of the molecule is CCCNC(=O)c1nc(N2CCCCCC2)c2oc3ccccc3c2n1. The molecular formula is C20H24N4O2. The average molecular weight is 352 g/mol. The van der Waals surface area contributed by atoms with E-state index in [-0.39, 0.29) is 11.7 Å². The number of amides is 1. The lowest BCUT2D eigenvalue weighted by Crippen LogP contribution is -2.29. The first kappa shape index (κ1) is 16.8. The summed E-state index contributed by atoms with van der Waals surface area (Å²) in [6, 6.07) is 7.81. The zero-order valence-corrected chi connectivity index (χ0v) is 15.1. The molecule has 0 radical (unpaired) electrons. The molecule has 1 aliphatic heterocycles. The first-order valence-electron chi connectivity index (χ1n) is 9.50. The molecule has 0 unspecified atom stereocenters. The molecule has 1 N–H and O–H groups in total. The third kappa shape index (κ3) is 3.11. The molecule has 1 aromatic carbocycles. The number of carbonyl (C=O) groups excluding carboxylic acids is 1. The molecule has 2 aromatic heterocycles. The third-order valence-electron chi connectivity index (χ3n) is 4.85. The Morgan fingerprint density at radius 1 is 1.15 bits per heavy atom. The number of aromatic nitrogens is 2. The highest BCUT2D eigenvalue weighted by Gasteiger charge is 2.23. The molecular weight excluding hydrogens is 328 g/mol. The van der Waals surface area contributed by atoms with Crippen molar-refractivity contribution in [3.63, 3.8) is 0 Å². The molecule has 26 heavy (non-hydrogen) atoms. The summed E-state index contributed by atoms with van der Waals surface area (Å²) in [5, 5.41) is 3.80. The van der Waals surface area contributed by atoms with Crippen LogP contribution in [-0.4, -0.2) is 35.5 Å². The number of nitrogens with zero attached hydrogens (tertiary/aromatic N) is 3. The molecule has 0 aliphatic carbocycles. The normalized spacial score (nSPS) is 15.3. The summed E-state index contributed by atoms with van der Waals surface area (Å²) in [5.74, 6) is 0.738. The number of furan rings is 1. The maximum atomic E-state index is 12.5. The van der Waals surface area contributed by atoms with Gasteiger partial charge in [-0.25, -0.2) is 9.97 Å². The van der Waals surface area contributed by atoms with Crippen LogP contribution in [0.25, 0.3) is 22.1 Å². The second-order valence-corrected chi connectivity index (χ2v) is 6.80. The fraction of sp³-hybridized carbons (Fsp3) is 0.450. The first-order valence-corrected chi connectivity index (χ1v) is 9.50. The van der Waals surface area contributed by atoms with E-state index in [1.54, 1.807) is 0 Å². The number of hydrogen-bond acceptors (Lipinski definition) is 5. The van der Waals surface area contributed by atoms with Gasteiger partial charge in [0, 0.05) is 25.0 Å². The molecule has 0 atom stereocenters. The summed E-state index contributed by atoms with van der Waals surface area (Å²) < 4.78 is 6.10. The van der Waals surface area contributed by atoms with E-state index in [0.29, 0.717) is 12.1 Å². The van der Waals surface area contributed by atoms with Crippen LogP contribution in [0.15, 0.2) is 28.7 Å². The summed E-state index contributed by atoms with van der Waals surface area (Å²) in [4.78, 5) is 23.9. The molecule has 0 saturated carbocycles. The van der Waals surface area contributed by atoms with Gasteiger partial charge in [-0.1, -0.05) is 31.9 Å². The number of benzene rings is 1. The van der Waals surface area contributed by atoms with Crippen LogP contribution in [-0.2, 0) is 0 Å². The highest BCUT2D eigenvalue weighted by molar-refractivity contribution is 6.07. The number of rotatable bonds is 4. The van der Waals surface area contributed by atoms with Crippen molar-refractivity contribution in [2.45, 2.75) is 39.0 Å². The van der Waals surface area contributed by atoms with Crippen molar-refractivity contribution >= 4 is 33.8 Å². The molecule has 3 aromatic rings. The van der Waals surface area contributed by atoms with E-state index in [9.17, 15) is 4.79 Å². The van der Waals surface area contributed by atoms with Crippen LogP contribution < -0.4 is 10.2 Å². The lowest BCUT2D eigenvalue weighted by atomic mass is 10.2. The molecule has 1 aliphatic rings. The average Bonchev–Trinajstić information content (AvgIpc) is 2.84. The minimum atomic E-state index is -0.227. The zero-order chi connectivity index (χ0) is 17.9. The summed E-state index contributed by atoms with van der Waals surface area (Å²) in [7, 11) is 0. The largest absolute Gasteiger partial charge is 0.450 e. The molecule has 1 fully saturated rings. The topological polar surface area (TPSA) is 71.3 Å². The van der Waals surface area contributed by atoms with Gasteiger partial charge < -0.3 is 14.6 Å². The molecule has 6 heteroatoms. The summed E-state index contributed by atoms with van der Waals surface area (Å²) in [6.07, 6.45) is 5.59. The van der Waals surface area contributed by atoms with Crippen LogP contribution in [0.3, 0.4) is 0 Å². The predicted molar refractivity (Wildman–Crippen MR) is 103 cm³/mol. The first-order chi connectivity index (χ1) is 12.8. The second-order valence-electron chi connectivity index (χ2n) is 6.80. The van der Waals surface area contributed by atoms with Gasteiger partial charge in [0.2, 0.25) is 5.82 Å². The number of anilines is 1. The Hall–Kier alpha value is -2.63. The van der Waals surface area contributed by atoms with Crippen molar-refractivity contribution in [1.82, 2.24) is 15.3 Å². The van der Waals surface area contributed by atoms with Gasteiger partial charge in [0.15, 0.2) is 11.4 Å². The standard InChI is InChI=1S/C20H24N4O2/c1-2-11-21-20(25)18-22-16-14-9-5-6-10-15(14)26-17(16)19(23-18)24-12-7-3-4-8-13-24/h5-6,9-10H,2-4,7-8,11-13H2,1H3,(H,21,25). The lowest BCUT2D eigenvalue weighted by Gasteiger charge is -2.21. The van der Waals surface area contributed by atoms with Gasteiger partial charge in [-0.15, -0.1) is 0 Å². The van der Waals surface area contributed by atoms with E-state index in [4.69, 9.17) is 4.42 Å². The van der Waals surface area contributed by atoms with Crippen molar-refractivity contribution < 1.29 is 9.21 Å². The maximum absolute atomic E-state index is 12.5. The lowest BCUT2D eigenvalue weighted by molar-refractivity contribution is 0.0943. The molecule has 6 nitrogen and oxygen atoms in total. The second kappa shape index (κ2) is 7.32. The van der Waals surface area contributed by atoms with Crippen molar-refractivity contribution in [1.29, 1.82) is 0 Å².